The molecule has 1 aromatic heterocycles. The van der Waals surface area contributed by atoms with Crippen LogP contribution in [0.5, 0.6) is 5.75 Å². The molecule has 4 nitrogen and oxygen atoms in total. The van der Waals surface area contributed by atoms with Gasteiger partial charge in [-0.25, -0.2) is 0 Å². The lowest BCUT2D eigenvalue weighted by Crippen LogP contribution is -2.31. The highest BCUT2D eigenvalue weighted by molar-refractivity contribution is 5.96. The predicted octanol–water partition coefficient (Wildman–Crippen LogP) is 4.99. The van der Waals surface area contributed by atoms with Gasteiger partial charge in [0.1, 0.15) is 11.4 Å². The van der Waals surface area contributed by atoms with Crippen molar-refractivity contribution in [2.75, 3.05) is 13.1 Å². The maximum absolute atomic E-state index is 12.9. The van der Waals surface area contributed by atoms with Gasteiger partial charge < -0.3 is 10.4 Å². The van der Waals surface area contributed by atoms with Gasteiger partial charge in [0.05, 0.1) is 11.3 Å². The van der Waals surface area contributed by atoms with E-state index in [9.17, 15) is 18.3 Å². The lowest BCUT2D eigenvalue weighted by atomic mass is 9.92. The highest BCUT2D eigenvalue weighted by Gasteiger charge is 2.31. The van der Waals surface area contributed by atoms with Gasteiger partial charge in [0, 0.05) is 16.3 Å². The summed E-state index contributed by atoms with van der Waals surface area (Å²) in [7, 11) is 0. The maximum atomic E-state index is 12.9. The molecule has 1 saturated heterocycles. The summed E-state index contributed by atoms with van der Waals surface area (Å²) in [6, 6.07) is 10.5. The van der Waals surface area contributed by atoms with E-state index >= 15 is 0 Å². The minimum Gasteiger partial charge on any atom is -0.507 e. The molecule has 0 bridgehead atoms. The van der Waals surface area contributed by atoms with E-state index < -0.39 is 17.5 Å². The lowest BCUT2D eigenvalue weighted by molar-refractivity contribution is -0.137. The Morgan fingerprint density at radius 1 is 1.07 bits per heavy atom. The number of aromatic hydroxyl groups is 1. The topological polar surface area (TPSA) is 58.0 Å². The average Bonchev–Trinajstić information content (AvgIpc) is 2.69. The van der Waals surface area contributed by atoms with E-state index in [0.717, 1.165) is 61.0 Å². The van der Waals surface area contributed by atoms with Crippen molar-refractivity contribution < 1.29 is 18.3 Å². The van der Waals surface area contributed by atoms with Crippen LogP contribution in [0.3, 0.4) is 0 Å². The van der Waals surface area contributed by atoms with E-state index in [2.05, 4.69) is 15.5 Å². The lowest BCUT2D eigenvalue weighted by Gasteiger charge is -2.22. The molecule has 8 heteroatoms. The molecule has 0 radical (unpaired) electrons. The molecule has 0 spiro atoms. The standard InChI is InChI=1S/C21H20F3N3O.ClH/c22-21(23,24)14-7-8-17(19(28)11-14)20-16-6-2-1-5-15(16)18(26-27-20)10-13-4-3-9-25-12-13;/h1-2,5-8,11,13,25,28H,3-4,9-10,12H2;1H. The quantitative estimate of drug-likeness (QED) is 0.623. The third kappa shape index (κ3) is 4.46. The molecule has 1 aliphatic heterocycles. The van der Waals surface area contributed by atoms with Crippen LogP contribution >= 0.6 is 12.4 Å². The van der Waals surface area contributed by atoms with Crippen molar-refractivity contribution in [3.05, 3.63) is 53.7 Å². The smallest absolute Gasteiger partial charge is 0.416 e. The van der Waals surface area contributed by atoms with Gasteiger partial charge in [-0.05, 0) is 56.5 Å². The minimum absolute atomic E-state index is 0. The summed E-state index contributed by atoms with van der Waals surface area (Å²) in [6.45, 7) is 1.98. The Bertz CT molecular complexity index is 1000. The molecule has 1 unspecified atom stereocenters. The monoisotopic (exact) mass is 423 g/mol. The van der Waals surface area contributed by atoms with Crippen molar-refractivity contribution in [2.45, 2.75) is 25.4 Å². The number of benzene rings is 2. The maximum Gasteiger partial charge on any atom is 0.416 e. The van der Waals surface area contributed by atoms with Gasteiger partial charge in [-0.1, -0.05) is 24.3 Å². The minimum atomic E-state index is -4.51. The van der Waals surface area contributed by atoms with Crippen molar-refractivity contribution in [1.29, 1.82) is 0 Å². The van der Waals surface area contributed by atoms with Crippen LogP contribution in [-0.2, 0) is 12.6 Å². The molecule has 29 heavy (non-hydrogen) atoms. The number of hydrogen-bond donors (Lipinski definition) is 2. The zero-order chi connectivity index (χ0) is 19.7. The number of fused-ring (bicyclic) bond motifs is 1. The Kier molecular flexibility index (Phi) is 6.29. The Hall–Kier alpha value is -2.38. The first-order chi connectivity index (χ1) is 13.4. The molecule has 1 fully saturated rings. The first-order valence-corrected chi connectivity index (χ1v) is 9.29. The molecule has 1 atom stereocenters. The second kappa shape index (κ2) is 8.55. The fourth-order valence-electron chi connectivity index (χ4n) is 3.79. The Labute approximate surface area is 172 Å². The zero-order valence-electron chi connectivity index (χ0n) is 15.5. The summed E-state index contributed by atoms with van der Waals surface area (Å²) in [5, 5.41) is 24.0. The summed E-state index contributed by atoms with van der Waals surface area (Å²) < 4.78 is 38.7. The molecule has 1 aliphatic rings. The van der Waals surface area contributed by atoms with Crippen molar-refractivity contribution in [3.8, 4) is 17.0 Å². The van der Waals surface area contributed by atoms with Gasteiger partial charge in [-0.3, -0.25) is 0 Å². The number of halogens is 4. The van der Waals surface area contributed by atoms with Crippen molar-refractivity contribution in [2.24, 2.45) is 5.92 Å². The van der Waals surface area contributed by atoms with Crippen LogP contribution in [0.25, 0.3) is 22.0 Å². The van der Waals surface area contributed by atoms with Gasteiger partial charge in [0.2, 0.25) is 0 Å². The van der Waals surface area contributed by atoms with Crippen LogP contribution in [0.1, 0.15) is 24.1 Å². The van der Waals surface area contributed by atoms with Crippen LogP contribution in [0, 0.1) is 5.92 Å². The van der Waals surface area contributed by atoms with Crippen LogP contribution in [0.15, 0.2) is 42.5 Å². The third-order valence-electron chi connectivity index (χ3n) is 5.22. The number of hydrogen-bond acceptors (Lipinski definition) is 4. The summed E-state index contributed by atoms with van der Waals surface area (Å²) in [5.41, 5.74) is 0.599. The first kappa shape index (κ1) is 21.3. The molecule has 154 valence electrons. The summed E-state index contributed by atoms with van der Waals surface area (Å²) in [5.74, 6) is 0.0234. The summed E-state index contributed by atoms with van der Waals surface area (Å²) in [6.07, 6.45) is -1.46. The molecule has 4 rings (SSSR count). The van der Waals surface area contributed by atoms with E-state index in [4.69, 9.17) is 0 Å². The van der Waals surface area contributed by atoms with Gasteiger partial charge in [0.15, 0.2) is 0 Å². The highest BCUT2D eigenvalue weighted by atomic mass is 35.5. The molecular weight excluding hydrogens is 403 g/mol. The van der Waals surface area contributed by atoms with E-state index in [1.165, 1.54) is 6.07 Å². The number of aromatic nitrogens is 2. The molecule has 3 aromatic rings. The summed E-state index contributed by atoms with van der Waals surface area (Å²) in [4.78, 5) is 0. The molecule has 0 saturated carbocycles. The fraction of sp³-hybridized carbons (Fsp3) is 0.333. The molecule has 2 N–H and O–H groups in total. The van der Waals surface area contributed by atoms with E-state index in [0.29, 0.717) is 11.6 Å². The van der Waals surface area contributed by atoms with E-state index in [1.54, 1.807) is 0 Å². The molecule has 0 amide bonds. The number of rotatable bonds is 3. The van der Waals surface area contributed by atoms with E-state index in [-0.39, 0.29) is 18.0 Å². The van der Waals surface area contributed by atoms with Gasteiger partial charge >= 0.3 is 6.18 Å². The van der Waals surface area contributed by atoms with Crippen LogP contribution in [0.4, 0.5) is 13.2 Å². The fourth-order valence-corrected chi connectivity index (χ4v) is 3.79. The Balaban J connectivity index is 0.00000240. The van der Waals surface area contributed by atoms with Crippen molar-refractivity contribution >= 4 is 23.2 Å². The van der Waals surface area contributed by atoms with Crippen molar-refractivity contribution in [3.63, 3.8) is 0 Å². The molecule has 2 aromatic carbocycles. The number of piperidine rings is 1. The van der Waals surface area contributed by atoms with Crippen molar-refractivity contribution in [1.82, 2.24) is 15.5 Å². The molecular formula is C21H21ClF3N3O. The number of nitrogens with zero attached hydrogens (tertiary/aromatic N) is 2. The largest absolute Gasteiger partial charge is 0.507 e. The molecule has 2 heterocycles. The number of phenols is 1. The second-order valence-electron chi connectivity index (χ2n) is 7.19. The van der Waals surface area contributed by atoms with Gasteiger partial charge in [-0.15, -0.1) is 17.5 Å². The average molecular weight is 424 g/mol. The van der Waals surface area contributed by atoms with Gasteiger partial charge in [0.25, 0.3) is 0 Å². The normalized spacial score (nSPS) is 17.1. The number of nitrogens with one attached hydrogen (secondary N) is 1. The van der Waals surface area contributed by atoms with Crippen LogP contribution in [-0.4, -0.2) is 28.4 Å². The molecule has 0 aliphatic carbocycles. The first-order valence-electron chi connectivity index (χ1n) is 9.29. The third-order valence-corrected chi connectivity index (χ3v) is 5.22. The predicted molar refractivity (Wildman–Crippen MR) is 108 cm³/mol. The summed E-state index contributed by atoms with van der Waals surface area (Å²) >= 11 is 0. The number of alkyl halides is 3. The SMILES string of the molecule is Cl.Oc1cc(C(F)(F)F)ccc1-c1nnc(CC2CCCNC2)c2ccccc12. The van der Waals surface area contributed by atoms with Crippen LogP contribution in [0.2, 0.25) is 0 Å². The highest BCUT2D eigenvalue weighted by Crippen LogP contribution is 2.38. The second-order valence-corrected chi connectivity index (χ2v) is 7.19. The Morgan fingerprint density at radius 3 is 2.48 bits per heavy atom. The zero-order valence-corrected chi connectivity index (χ0v) is 16.4. The number of phenolic OH excluding ortho intramolecular Hbond substituents is 1. The van der Waals surface area contributed by atoms with Crippen LogP contribution < -0.4 is 5.32 Å². The van der Waals surface area contributed by atoms with Gasteiger partial charge in [-0.2, -0.15) is 18.3 Å². The Morgan fingerprint density at radius 2 is 1.83 bits per heavy atom. The van der Waals surface area contributed by atoms with E-state index in [1.807, 2.05) is 24.3 Å².